The Hall–Kier alpha value is -1.69. The summed E-state index contributed by atoms with van der Waals surface area (Å²) in [6, 6.07) is 22.0. The minimum atomic E-state index is 0. The summed E-state index contributed by atoms with van der Waals surface area (Å²) in [5.41, 5.74) is 4.12. The van der Waals surface area contributed by atoms with Gasteiger partial charge in [0, 0.05) is 51.0 Å². The van der Waals surface area contributed by atoms with Crippen LogP contribution in [0.25, 0.3) is 10.8 Å². The second kappa shape index (κ2) is 14.3. The molecule has 1 aliphatic carbocycles. The molecule has 1 heterocycles. The number of anilines is 1. The number of rotatable bonds is 7. The number of hydrogen-bond donors (Lipinski definition) is 1. The predicted molar refractivity (Wildman–Crippen MR) is 160 cm³/mol. The summed E-state index contributed by atoms with van der Waals surface area (Å²) in [6.07, 6.45) is 4.62. The Morgan fingerprint density at radius 3 is 2.33 bits per heavy atom. The lowest BCUT2D eigenvalue weighted by Gasteiger charge is -2.39. The number of phenols is 1. The molecular formula is C29H40Cl3N3O. The fraction of sp³-hybridized carbons (Fsp3) is 0.448. The van der Waals surface area contributed by atoms with Crippen molar-refractivity contribution in [3.05, 3.63) is 71.8 Å². The zero-order valence-electron chi connectivity index (χ0n) is 21.1. The third-order valence-electron chi connectivity index (χ3n) is 7.59. The van der Waals surface area contributed by atoms with Gasteiger partial charge >= 0.3 is 0 Å². The SMILES string of the molecule is CCCN(CCN1CCN(c2ccc3ccccc3c2)CC1)C1CCc2ccc(O)cc2C1.Cl.Cl.Cl. The Bertz CT molecular complexity index is 1090. The molecule has 0 spiro atoms. The van der Waals surface area contributed by atoms with E-state index in [1.54, 1.807) is 0 Å². The van der Waals surface area contributed by atoms with E-state index in [4.69, 9.17) is 0 Å². The molecule has 3 aromatic carbocycles. The number of halogens is 3. The second-order valence-corrected chi connectivity index (χ2v) is 9.75. The van der Waals surface area contributed by atoms with Gasteiger partial charge in [-0.1, -0.05) is 43.3 Å². The normalized spacial score (nSPS) is 17.6. The van der Waals surface area contributed by atoms with E-state index in [9.17, 15) is 5.11 Å². The maximum Gasteiger partial charge on any atom is 0.115 e. The molecule has 4 nitrogen and oxygen atoms in total. The van der Waals surface area contributed by atoms with Gasteiger partial charge in [-0.2, -0.15) is 0 Å². The van der Waals surface area contributed by atoms with Crippen molar-refractivity contribution in [2.24, 2.45) is 0 Å². The molecule has 1 unspecified atom stereocenters. The quantitative estimate of drug-likeness (QED) is 0.378. The largest absolute Gasteiger partial charge is 0.508 e. The number of benzene rings is 3. The van der Waals surface area contributed by atoms with Crippen LogP contribution in [0.1, 0.15) is 30.9 Å². The van der Waals surface area contributed by atoms with Gasteiger partial charge in [0.2, 0.25) is 0 Å². The average Bonchev–Trinajstić information content (AvgIpc) is 2.86. The molecule has 5 rings (SSSR count). The van der Waals surface area contributed by atoms with Gasteiger partial charge in [-0.15, -0.1) is 37.2 Å². The number of piperazine rings is 1. The van der Waals surface area contributed by atoms with Crippen LogP contribution in [0.2, 0.25) is 0 Å². The van der Waals surface area contributed by atoms with E-state index in [0.717, 1.165) is 58.7 Å². The Labute approximate surface area is 234 Å². The van der Waals surface area contributed by atoms with Crippen LogP contribution in [-0.2, 0) is 12.8 Å². The molecule has 0 aromatic heterocycles. The highest BCUT2D eigenvalue weighted by Crippen LogP contribution is 2.28. The van der Waals surface area contributed by atoms with Crippen LogP contribution in [0, 0.1) is 0 Å². The number of hydrogen-bond acceptors (Lipinski definition) is 4. The average molecular weight is 553 g/mol. The molecule has 36 heavy (non-hydrogen) atoms. The fourth-order valence-corrected chi connectivity index (χ4v) is 5.67. The third kappa shape index (κ3) is 7.20. The molecule has 1 aliphatic heterocycles. The number of nitrogens with zero attached hydrogens (tertiary/aromatic N) is 3. The van der Waals surface area contributed by atoms with E-state index < -0.39 is 0 Å². The molecule has 0 bridgehead atoms. The minimum absolute atomic E-state index is 0. The number of phenolic OH excluding ortho intramolecular Hbond substituents is 1. The van der Waals surface area contributed by atoms with E-state index >= 15 is 0 Å². The fourth-order valence-electron chi connectivity index (χ4n) is 5.67. The van der Waals surface area contributed by atoms with E-state index in [-0.39, 0.29) is 37.2 Å². The first-order valence-corrected chi connectivity index (χ1v) is 12.7. The maximum atomic E-state index is 9.92. The highest BCUT2D eigenvalue weighted by Gasteiger charge is 2.25. The number of aryl methyl sites for hydroxylation is 1. The summed E-state index contributed by atoms with van der Waals surface area (Å²) >= 11 is 0. The lowest BCUT2D eigenvalue weighted by atomic mass is 9.87. The summed E-state index contributed by atoms with van der Waals surface area (Å²) in [6.45, 7) is 10.2. The molecule has 7 heteroatoms. The summed E-state index contributed by atoms with van der Waals surface area (Å²) in [7, 11) is 0. The van der Waals surface area contributed by atoms with Crippen molar-refractivity contribution >= 4 is 53.7 Å². The van der Waals surface area contributed by atoms with E-state index in [1.165, 1.54) is 40.4 Å². The summed E-state index contributed by atoms with van der Waals surface area (Å²) in [4.78, 5) is 7.89. The second-order valence-electron chi connectivity index (χ2n) is 9.75. The highest BCUT2D eigenvalue weighted by molar-refractivity contribution is 5.86. The Balaban J connectivity index is 0.00000152. The van der Waals surface area contributed by atoms with Crippen LogP contribution < -0.4 is 4.90 Å². The van der Waals surface area contributed by atoms with E-state index in [2.05, 4.69) is 70.2 Å². The van der Waals surface area contributed by atoms with Gasteiger partial charge in [0.05, 0.1) is 0 Å². The molecule has 0 amide bonds. The lowest BCUT2D eigenvalue weighted by Crippen LogP contribution is -2.50. The number of aromatic hydroxyl groups is 1. The molecule has 0 saturated carbocycles. The van der Waals surface area contributed by atoms with Crippen LogP contribution in [0.4, 0.5) is 5.69 Å². The third-order valence-corrected chi connectivity index (χ3v) is 7.59. The van der Waals surface area contributed by atoms with Gasteiger partial charge in [-0.25, -0.2) is 0 Å². The molecule has 1 atom stereocenters. The monoisotopic (exact) mass is 551 g/mol. The Morgan fingerprint density at radius 1 is 0.833 bits per heavy atom. The zero-order chi connectivity index (χ0) is 22.6. The van der Waals surface area contributed by atoms with E-state index in [1.807, 2.05) is 12.1 Å². The first-order valence-electron chi connectivity index (χ1n) is 12.7. The minimum Gasteiger partial charge on any atom is -0.508 e. The number of fused-ring (bicyclic) bond motifs is 2. The van der Waals surface area contributed by atoms with Gasteiger partial charge in [0.1, 0.15) is 5.75 Å². The molecule has 1 fully saturated rings. The van der Waals surface area contributed by atoms with Crippen LogP contribution in [-0.4, -0.2) is 66.8 Å². The van der Waals surface area contributed by atoms with Crippen LogP contribution in [0.15, 0.2) is 60.7 Å². The Kier molecular flexibility index (Phi) is 12.1. The van der Waals surface area contributed by atoms with Gasteiger partial charge in [0.25, 0.3) is 0 Å². The molecular weight excluding hydrogens is 513 g/mol. The van der Waals surface area contributed by atoms with Crippen LogP contribution in [0.5, 0.6) is 5.75 Å². The molecule has 1 N–H and O–H groups in total. The van der Waals surface area contributed by atoms with Gasteiger partial charge in [-0.05, 0) is 78.4 Å². The molecule has 198 valence electrons. The zero-order valence-corrected chi connectivity index (χ0v) is 23.6. The highest BCUT2D eigenvalue weighted by atomic mass is 35.5. The van der Waals surface area contributed by atoms with Crippen molar-refractivity contribution in [1.82, 2.24) is 9.80 Å². The van der Waals surface area contributed by atoms with Crippen molar-refractivity contribution in [2.75, 3.05) is 50.7 Å². The van der Waals surface area contributed by atoms with Gasteiger partial charge in [-0.3, -0.25) is 9.80 Å². The van der Waals surface area contributed by atoms with Crippen molar-refractivity contribution in [1.29, 1.82) is 0 Å². The van der Waals surface area contributed by atoms with Crippen LogP contribution >= 0.6 is 37.2 Å². The van der Waals surface area contributed by atoms with Crippen molar-refractivity contribution < 1.29 is 5.11 Å². The van der Waals surface area contributed by atoms with Crippen molar-refractivity contribution in [3.8, 4) is 5.75 Å². The van der Waals surface area contributed by atoms with Crippen LogP contribution in [0.3, 0.4) is 0 Å². The maximum absolute atomic E-state index is 9.92. The predicted octanol–water partition coefficient (Wildman–Crippen LogP) is 6.20. The van der Waals surface area contributed by atoms with E-state index in [0.29, 0.717) is 11.8 Å². The first kappa shape index (κ1) is 30.5. The molecule has 3 aromatic rings. The van der Waals surface area contributed by atoms with Gasteiger partial charge < -0.3 is 10.0 Å². The van der Waals surface area contributed by atoms with Crippen molar-refractivity contribution in [3.63, 3.8) is 0 Å². The lowest BCUT2D eigenvalue weighted by molar-refractivity contribution is 0.145. The summed E-state index contributed by atoms with van der Waals surface area (Å²) < 4.78 is 0. The van der Waals surface area contributed by atoms with Crippen molar-refractivity contribution in [2.45, 2.75) is 38.6 Å². The molecule has 2 aliphatic rings. The Morgan fingerprint density at radius 2 is 1.58 bits per heavy atom. The standard InChI is InChI=1S/C29H37N3O.3ClH/c1-2-13-31(28-11-8-24-9-12-29(33)22-26(24)21-28)17-14-30-15-18-32(19-16-30)27-10-7-23-5-3-4-6-25(23)20-27;;;/h3-7,9-10,12,20,22,28,33H,2,8,11,13-19,21H2,1H3;3*1H. The summed E-state index contributed by atoms with van der Waals surface area (Å²) in [5, 5.41) is 12.6. The first-order chi connectivity index (χ1) is 16.2. The molecule has 1 saturated heterocycles. The molecule has 0 radical (unpaired) electrons. The van der Waals surface area contributed by atoms with Gasteiger partial charge in [0.15, 0.2) is 0 Å². The topological polar surface area (TPSA) is 30.0 Å². The smallest absolute Gasteiger partial charge is 0.115 e. The summed E-state index contributed by atoms with van der Waals surface area (Å²) in [5.74, 6) is 0.403.